The molecule has 6 nitrogen and oxygen atoms in total. The number of hydrogen-bond donors (Lipinski definition) is 0. The molecule has 0 aromatic rings. The van der Waals surface area contributed by atoms with Crippen LogP contribution < -0.4 is 0 Å². The summed E-state index contributed by atoms with van der Waals surface area (Å²) in [7, 11) is 3.43. The Morgan fingerprint density at radius 1 is 0.538 bits per heavy atom. The van der Waals surface area contributed by atoms with Gasteiger partial charge in [0, 0.05) is 0 Å². The quantitative estimate of drug-likeness (QED) is 0.0546. The topological polar surface area (TPSA) is 71.1 Å². The Morgan fingerprint density at radius 2 is 0.923 bits per heavy atom. The Balaban J connectivity index is 5.16. The zero-order valence-corrected chi connectivity index (χ0v) is 30.2. The van der Waals surface area contributed by atoms with Gasteiger partial charge in [-0.25, -0.2) is 0 Å². The van der Waals surface area contributed by atoms with Gasteiger partial charge >= 0.3 is 256 Å². The third-order valence-corrected chi connectivity index (χ3v) is 18.5. The SMILES string of the molecule is CCCCCCC[CH2][Sn]([CH2]CCCCCCC)([O]C(=O)CSCCCCOC)[O]C(=O)CSCCCCOC. The fraction of sp³-hybridized carbons (Fsp3) is 0.933. The molecule has 0 aliphatic heterocycles. The molecule has 0 saturated carbocycles. The van der Waals surface area contributed by atoms with Crippen LogP contribution in [0, 0.1) is 0 Å². The van der Waals surface area contributed by atoms with Gasteiger partial charge in [-0.1, -0.05) is 0 Å². The van der Waals surface area contributed by atoms with Crippen LogP contribution in [0.4, 0.5) is 0 Å². The Labute approximate surface area is 254 Å². The van der Waals surface area contributed by atoms with E-state index in [0.29, 0.717) is 11.5 Å². The van der Waals surface area contributed by atoms with E-state index in [1.165, 1.54) is 51.4 Å². The van der Waals surface area contributed by atoms with Crippen molar-refractivity contribution in [3.8, 4) is 0 Å². The van der Waals surface area contributed by atoms with E-state index in [4.69, 9.17) is 15.6 Å². The number of carbonyl (C=O) groups is 2. The monoisotopic (exact) mass is 700 g/mol. The van der Waals surface area contributed by atoms with E-state index < -0.39 is 19.2 Å². The number of methoxy groups -OCH3 is 2. The molecule has 0 atom stereocenters. The van der Waals surface area contributed by atoms with Gasteiger partial charge in [0.1, 0.15) is 0 Å². The predicted octanol–water partition coefficient (Wildman–Crippen LogP) is 8.56. The van der Waals surface area contributed by atoms with Gasteiger partial charge in [0.25, 0.3) is 0 Å². The molecule has 9 heteroatoms. The van der Waals surface area contributed by atoms with Gasteiger partial charge in [-0.05, 0) is 0 Å². The fourth-order valence-electron chi connectivity index (χ4n) is 4.39. The van der Waals surface area contributed by atoms with Crippen molar-refractivity contribution < 1.29 is 25.2 Å². The van der Waals surface area contributed by atoms with Gasteiger partial charge in [-0.15, -0.1) is 0 Å². The average Bonchev–Trinajstić information content (AvgIpc) is 2.92. The van der Waals surface area contributed by atoms with Crippen molar-refractivity contribution in [1.29, 1.82) is 0 Å². The van der Waals surface area contributed by atoms with Crippen LogP contribution in [0.3, 0.4) is 0 Å². The molecule has 0 heterocycles. The first-order valence-corrected chi connectivity index (χ1v) is 24.3. The molecular weight excluding hydrogens is 639 g/mol. The van der Waals surface area contributed by atoms with Gasteiger partial charge in [0.2, 0.25) is 0 Å². The number of unbranched alkanes of at least 4 members (excludes halogenated alkanes) is 12. The summed E-state index contributed by atoms with van der Waals surface area (Å²) in [5.74, 6) is 2.14. The molecule has 0 aliphatic rings. The maximum absolute atomic E-state index is 13.0. The second-order valence-electron chi connectivity index (χ2n) is 10.4. The number of carbonyl (C=O) groups excluding carboxylic acids is 2. The number of thioether (sulfide) groups is 2. The van der Waals surface area contributed by atoms with E-state index in [9.17, 15) is 9.59 Å². The van der Waals surface area contributed by atoms with Crippen LogP contribution in [0.2, 0.25) is 8.87 Å². The van der Waals surface area contributed by atoms with Gasteiger partial charge in [-0.2, -0.15) is 0 Å². The van der Waals surface area contributed by atoms with E-state index in [2.05, 4.69) is 13.8 Å². The molecule has 0 amide bonds. The van der Waals surface area contributed by atoms with Crippen LogP contribution in [0.1, 0.15) is 117 Å². The summed E-state index contributed by atoms with van der Waals surface area (Å²) < 4.78 is 24.4. The number of ether oxygens (including phenoxy) is 2. The van der Waals surface area contributed by atoms with E-state index in [-0.39, 0.29) is 11.9 Å². The molecular formula is C30H60O6S2Sn. The summed E-state index contributed by atoms with van der Waals surface area (Å²) in [5.41, 5.74) is 0. The summed E-state index contributed by atoms with van der Waals surface area (Å²) in [6.07, 6.45) is 18.1. The van der Waals surface area contributed by atoms with Crippen LogP contribution in [0.15, 0.2) is 0 Å². The summed E-state index contributed by atoms with van der Waals surface area (Å²) in [6, 6.07) is 0. The normalized spacial score (nSPS) is 11.6. The minimum atomic E-state index is -3.93. The molecule has 0 aliphatic carbocycles. The molecule has 0 radical (unpaired) electrons. The third-order valence-electron chi connectivity index (χ3n) is 6.64. The molecule has 0 N–H and O–H groups in total. The minimum absolute atomic E-state index is 0.181. The Kier molecular flexibility index (Phi) is 30.1. The molecule has 0 saturated heterocycles. The van der Waals surface area contributed by atoms with Crippen molar-refractivity contribution in [3.63, 3.8) is 0 Å². The van der Waals surface area contributed by atoms with Crippen LogP contribution in [0.25, 0.3) is 0 Å². The molecule has 0 unspecified atom stereocenters. The Bertz CT molecular complexity index is 520. The van der Waals surface area contributed by atoms with Gasteiger partial charge in [0.15, 0.2) is 0 Å². The number of rotatable bonds is 30. The van der Waals surface area contributed by atoms with Crippen molar-refractivity contribution in [1.82, 2.24) is 0 Å². The second-order valence-corrected chi connectivity index (χ2v) is 21.8. The molecule has 0 rings (SSSR count). The summed E-state index contributed by atoms with van der Waals surface area (Å²) in [5, 5.41) is 0. The maximum atomic E-state index is 13.0. The van der Waals surface area contributed by atoms with E-state index >= 15 is 0 Å². The van der Waals surface area contributed by atoms with Gasteiger partial charge in [0.05, 0.1) is 0 Å². The molecule has 0 spiro atoms. The van der Waals surface area contributed by atoms with Gasteiger partial charge in [-0.3, -0.25) is 0 Å². The summed E-state index contributed by atoms with van der Waals surface area (Å²) in [6.45, 7) is 5.96. The van der Waals surface area contributed by atoms with Gasteiger partial charge < -0.3 is 0 Å². The first-order valence-electron chi connectivity index (χ1n) is 15.6. The zero-order chi connectivity index (χ0) is 28.9. The van der Waals surface area contributed by atoms with Crippen LogP contribution in [-0.2, 0) is 25.2 Å². The van der Waals surface area contributed by atoms with Crippen LogP contribution >= 0.6 is 23.5 Å². The van der Waals surface area contributed by atoms with Crippen molar-refractivity contribution in [2.24, 2.45) is 0 Å². The van der Waals surface area contributed by atoms with E-state index in [1.807, 2.05) is 0 Å². The van der Waals surface area contributed by atoms with Crippen molar-refractivity contribution >= 4 is 54.7 Å². The molecule has 0 fully saturated rings. The average molecular weight is 700 g/mol. The predicted molar refractivity (Wildman–Crippen MR) is 171 cm³/mol. The number of hydrogen-bond acceptors (Lipinski definition) is 8. The Morgan fingerprint density at radius 3 is 1.31 bits per heavy atom. The first kappa shape index (κ1) is 39.4. The van der Waals surface area contributed by atoms with Crippen molar-refractivity contribution in [2.45, 2.75) is 125 Å². The standard InChI is InChI=1S/2C8H17.2C7H14O3S.Sn/c2*1-3-5-7-8-6-4-2;2*1-10-4-2-3-5-11-6-7(8)9;/h2*1,3-8H2,2H3;2*2-6H2,1H3,(H,8,9);/q;;;;+2/p-2. The molecule has 232 valence electrons. The summed E-state index contributed by atoms with van der Waals surface area (Å²) in [4.78, 5) is 26.0. The third kappa shape index (κ3) is 25.8. The Hall–Kier alpha value is 0.359. The molecule has 0 aromatic carbocycles. The zero-order valence-electron chi connectivity index (χ0n) is 25.7. The molecule has 39 heavy (non-hydrogen) atoms. The fourth-order valence-corrected chi connectivity index (χ4v) is 15.8. The summed E-state index contributed by atoms with van der Waals surface area (Å²) >= 11 is -0.695. The van der Waals surface area contributed by atoms with Crippen LogP contribution in [-0.4, -0.2) is 81.6 Å². The van der Waals surface area contributed by atoms with Crippen molar-refractivity contribution in [2.75, 3.05) is 50.4 Å². The molecule has 0 aromatic heterocycles. The second kappa shape index (κ2) is 29.8. The van der Waals surface area contributed by atoms with E-state index in [1.54, 1.807) is 37.7 Å². The van der Waals surface area contributed by atoms with Crippen LogP contribution in [0.5, 0.6) is 0 Å². The van der Waals surface area contributed by atoms with Crippen molar-refractivity contribution in [3.05, 3.63) is 0 Å². The first-order chi connectivity index (χ1) is 19.0. The molecule has 0 bridgehead atoms. The van der Waals surface area contributed by atoms with E-state index in [0.717, 1.165) is 85.0 Å².